The summed E-state index contributed by atoms with van der Waals surface area (Å²) in [4.78, 5) is 0. The second-order valence-electron chi connectivity index (χ2n) is 4.16. The van der Waals surface area contributed by atoms with Gasteiger partial charge in [0.05, 0.1) is 0 Å². The number of hydrogen-bond acceptors (Lipinski definition) is 1. The highest BCUT2D eigenvalue weighted by molar-refractivity contribution is 5.28. The van der Waals surface area contributed by atoms with Crippen molar-refractivity contribution < 1.29 is 8.78 Å². The van der Waals surface area contributed by atoms with E-state index in [4.69, 9.17) is 5.73 Å². The number of rotatable bonds is 2. The molecule has 15 heavy (non-hydrogen) atoms. The lowest BCUT2D eigenvalue weighted by atomic mass is 9.93. The molecule has 82 valence electrons. The molecule has 2 rings (SSSR count). The minimum Gasteiger partial charge on any atom is -0.326 e. The fraction of sp³-hybridized carbons (Fsp3) is 0.500. The molecule has 1 atom stereocenters. The molecule has 0 aromatic heterocycles. The van der Waals surface area contributed by atoms with Gasteiger partial charge in [-0.1, -0.05) is 24.3 Å². The van der Waals surface area contributed by atoms with E-state index in [1.165, 1.54) is 0 Å². The Balaban J connectivity index is 2.29. The highest BCUT2D eigenvalue weighted by Crippen LogP contribution is 2.46. The van der Waals surface area contributed by atoms with Crippen LogP contribution in [-0.4, -0.2) is 5.92 Å². The van der Waals surface area contributed by atoms with Crippen LogP contribution in [0.2, 0.25) is 0 Å². The lowest BCUT2D eigenvalue weighted by Crippen LogP contribution is -2.19. The van der Waals surface area contributed by atoms with Crippen LogP contribution in [0.4, 0.5) is 8.78 Å². The van der Waals surface area contributed by atoms with Crippen molar-refractivity contribution in [3.8, 4) is 0 Å². The van der Waals surface area contributed by atoms with Gasteiger partial charge in [0.1, 0.15) is 0 Å². The van der Waals surface area contributed by atoms with Gasteiger partial charge in [0.15, 0.2) is 0 Å². The summed E-state index contributed by atoms with van der Waals surface area (Å²) < 4.78 is 27.0. The second-order valence-corrected chi connectivity index (χ2v) is 4.16. The Hall–Kier alpha value is -0.960. The molecule has 0 aliphatic heterocycles. The van der Waals surface area contributed by atoms with Gasteiger partial charge in [-0.15, -0.1) is 0 Å². The summed E-state index contributed by atoms with van der Waals surface area (Å²) in [6.07, 6.45) is 1.22. The quantitative estimate of drug-likeness (QED) is 0.799. The van der Waals surface area contributed by atoms with Crippen molar-refractivity contribution in [3.05, 3.63) is 35.4 Å². The van der Waals surface area contributed by atoms with Gasteiger partial charge >= 0.3 is 0 Å². The van der Waals surface area contributed by atoms with E-state index in [-0.39, 0.29) is 6.42 Å². The van der Waals surface area contributed by atoms with E-state index in [9.17, 15) is 8.78 Å². The molecule has 0 saturated heterocycles. The molecular weight excluding hydrogens is 196 g/mol. The fourth-order valence-corrected chi connectivity index (χ4v) is 2.27. The van der Waals surface area contributed by atoms with Gasteiger partial charge in [0, 0.05) is 18.9 Å². The van der Waals surface area contributed by atoms with Crippen LogP contribution >= 0.6 is 0 Å². The van der Waals surface area contributed by atoms with Crippen LogP contribution in [0.3, 0.4) is 0 Å². The van der Waals surface area contributed by atoms with Gasteiger partial charge in [-0.3, -0.25) is 0 Å². The van der Waals surface area contributed by atoms with E-state index in [1.54, 1.807) is 6.07 Å². The molecule has 0 heterocycles. The smallest absolute Gasteiger partial charge is 0.254 e. The van der Waals surface area contributed by atoms with Crippen molar-refractivity contribution in [1.29, 1.82) is 0 Å². The average molecular weight is 211 g/mol. The van der Waals surface area contributed by atoms with Crippen LogP contribution in [0.25, 0.3) is 0 Å². The van der Waals surface area contributed by atoms with E-state index < -0.39 is 11.8 Å². The molecule has 1 unspecified atom stereocenters. The zero-order valence-corrected chi connectivity index (χ0v) is 8.55. The SMILES string of the molecule is NCc1cccc(C2CCCC2(F)F)c1. The van der Waals surface area contributed by atoms with Gasteiger partial charge in [0.25, 0.3) is 5.92 Å². The normalized spacial score (nSPS) is 24.3. The van der Waals surface area contributed by atoms with E-state index in [2.05, 4.69) is 0 Å². The molecule has 2 N–H and O–H groups in total. The third-order valence-electron chi connectivity index (χ3n) is 3.10. The zero-order valence-electron chi connectivity index (χ0n) is 8.55. The Morgan fingerprint density at radius 1 is 1.40 bits per heavy atom. The van der Waals surface area contributed by atoms with Gasteiger partial charge < -0.3 is 5.73 Å². The number of nitrogens with two attached hydrogens (primary N) is 1. The van der Waals surface area contributed by atoms with Crippen molar-refractivity contribution in [2.24, 2.45) is 5.73 Å². The number of benzene rings is 1. The van der Waals surface area contributed by atoms with E-state index in [1.807, 2.05) is 18.2 Å². The first-order valence-electron chi connectivity index (χ1n) is 5.30. The highest BCUT2D eigenvalue weighted by atomic mass is 19.3. The molecule has 0 spiro atoms. The number of alkyl halides is 2. The molecule has 3 heteroatoms. The van der Waals surface area contributed by atoms with Gasteiger partial charge in [-0.25, -0.2) is 8.78 Å². The third-order valence-corrected chi connectivity index (χ3v) is 3.10. The van der Waals surface area contributed by atoms with Crippen LogP contribution in [0.15, 0.2) is 24.3 Å². The molecule has 1 aromatic carbocycles. The standard InChI is InChI=1S/C12H15F2N/c13-12(14)6-2-5-11(12)10-4-1-3-9(7-10)8-15/h1,3-4,7,11H,2,5-6,8,15H2. The van der Waals surface area contributed by atoms with Crippen molar-refractivity contribution in [3.63, 3.8) is 0 Å². The molecule has 1 aliphatic rings. The van der Waals surface area contributed by atoms with E-state index >= 15 is 0 Å². The Kier molecular flexibility index (Phi) is 2.74. The van der Waals surface area contributed by atoms with Crippen LogP contribution < -0.4 is 5.73 Å². The summed E-state index contributed by atoms with van der Waals surface area (Å²) in [6, 6.07) is 7.27. The van der Waals surface area contributed by atoms with Gasteiger partial charge in [-0.2, -0.15) is 0 Å². The fourth-order valence-electron chi connectivity index (χ4n) is 2.27. The van der Waals surface area contributed by atoms with Gasteiger partial charge in [-0.05, 0) is 24.0 Å². The lowest BCUT2D eigenvalue weighted by Gasteiger charge is -2.19. The molecule has 0 radical (unpaired) electrons. The Morgan fingerprint density at radius 3 is 2.80 bits per heavy atom. The van der Waals surface area contributed by atoms with Crippen LogP contribution in [0, 0.1) is 0 Å². The maximum atomic E-state index is 13.5. The predicted octanol–water partition coefficient (Wildman–Crippen LogP) is 3.05. The largest absolute Gasteiger partial charge is 0.326 e. The summed E-state index contributed by atoms with van der Waals surface area (Å²) >= 11 is 0. The summed E-state index contributed by atoms with van der Waals surface area (Å²) in [5, 5.41) is 0. The topological polar surface area (TPSA) is 26.0 Å². The molecule has 1 saturated carbocycles. The Morgan fingerprint density at radius 2 is 2.20 bits per heavy atom. The summed E-state index contributed by atoms with van der Waals surface area (Å²) in [6.45, 7) is 0.409. The lowest BCUT2D eigenvalue weighted by molar-refractivity contribution is -0.00896. The maximum absolute atomic E-state index is 13.5. The van der Waals surface area contributed by atoms with Crippen molar-refractivity contribution in [2.75, 3.05) is 0 Å². The van der Waals surface area contributed by atoms with E-state index in [0.717, 1.165) is 11.1 Å². The molecule has 0 bridgehead atoms. The van der Waals surface area contributed by atoms with E-state index in [0.29, 0.717) is 19.4 Å². The average Bonchev–Trinajstić information content (AvgIpc) is 2.58. The van der Waals surface area contributed by atoms with Crippen molar-refractivity contribution >= 4 is 0 Å². The summed E-state index contributed by atoms with van der Waals surface area (Å²) in [5.41, 5.74) is 7.16. The molecule has 1 fully saturated rings. The highest BCUT2D eigenvalue weighted by Gasteiger charge is 2.44. The molecule has 1 aliphatic carbocycles. The first-order chi connectivity index (χ1) is 7.13. The summed E-state index contributed by atoms with van der Waals surface area (Å²) in [5.74, 6) is -3.14. The minimum atomic E-state index is -2.53. The Labute approximate surface area is 88.3 Å². The zero-order chi connectivity index (χ0) is 10.9. The van der Waals surface area contributed by atoms with Crippen molar-refractivity contribution in [1.82, 2.24) is 0 Å². The second kappa shape index (κ2) is 3.89. The maximum Gasteiger partial charge on any atom is 0.254 e. The third kappa shape index (κ3) is 2.02. The number of hydrogen-bond donors (Lipinski definition) is 1. The van der Waals surface area contributed by atoms with Crippen LogP contribution in [0.5, 0.6) is 0 Å². The van der Waals surface area contributed by atoms with Crippen molar-refractivity contribution in [2.45, 2.75) is 37.6 Å². The molecule has 1 nitrogen and oxygen atoms in total. The first-order valence-corrected chi connectivity index (χ1v) is 5.30. The van der Waals surface area contributed by atoms with Crippen LogP contribution in [-0.2, 0) is 6.54 Å². The molecular formula is C12H15F2N. The number of halogens is 2. The molecule has 1 aromatic rings. The Bertz CT molecular complexity index is 349. The molecule has 0 amide bonds. The predicted molar refractivity (Wildman–Crippen MR) is 55.9 cm³/mol. The first kappa shape index (κ1) is 10.6. The van der Waals surface area contributed by atoms with Gasteiger partial charge in [0.2, 0.25) is 0 Å². The minimum absolute atomic E-state index is 0.0184. The monoisotopic (exact) mass is 211 g/mol. The summed E-state index contributed by atoms with van der Waals surface area (Å²) in [7, 11) is 0. The van der Waals surface area contributed by atoms with Crippen LogP contribution in [0.1, 0.15) is 36.3 Å².